The van der Waals surface area contributed by atoms with Gasteiger partial charge in [0, 0.05) is 5.02 Å². The lowest BCUT2D eigenvalue weighted by molar-refractivity contribution is -0.00994. The lowest BCUT2D eigenvalue weighted by Crippen LogP contribution is -2.30. The summed E-state index contributed by atoms with van der Waals surface area (Å²) in [6, 6.07) is 11.2. The number of aromatic nitrogens is 3. The molecule has 3 aromatic rings. The average molecular weight is 486 g/mol. The Bertz CT molecular complexity index is 1080. The number of rotatable bonds is 11. The van der Waals surface area contributed by atoms with Crippen LogP contribution in [-0.2, 0) is 25.6 Å². The van der Waals surface area contributed by atoms with E-state index in [1.807, 2.05) is 6.92 Å². The summed E-state index contributed by atoms with van der Waals surface area (Å²) in [5.41, 5.74) is 0.946. The normalized spacial score (nSPS) is 12.6. The highest BCUT2D eigenvalue weighted by atomic mass is 35.5. The molecular weight excluding hydrogens is 465 g/mol. The van der Waals surface area contributed by atoms with Gasteiger partial charge in [-0.25, -0.2) is 4.98 Å². The van der Waals surface area contributed by atoms with Crippen LogP contribution < -0.4 is 4.74 Å². The van der Waals surface area contributed by atoms with Crippen molar-refractivity contribution in [3.63, 3.8) is 0 Å². The van der Waals surface area contributed by atoms with Gasteiger partial charge < -0.3 is 9.47 Å². The Kier molecular flexibility index (Phi) is 8.28. The van der Waals surface area contributed by atoms with Crippen LogP contribution in [0.15, 0.2) is 60.0 Å². The Morgan fingerprint density at radius 3 is 2.55 bits per heavy atom. The molecule has 1 atom stereocenters. The fourth-order valence-corrected chi connectivity index (χ4v) is 3.92. The summed E-state index contributed by atoms with van der Waals surface area (Å²) < 4.78 is 43.3. The number of halogens is 2. The summed E-state index contributed by atoms with van der Waals surface area (Å²) >= 11 is 12.0. The van der Waals surface area contributed by atoms with E-state index in [9.17, 15) is 8.42 Å². The molecule has 1 heterocycles. The van der Waals surface area contributed by atoms with Crippen molar-refractivity contribution < 1.29 is 22.1 Å². The van der Waals surface area contributed by atoms with Crippen molar-refractivity contribution in [3.8, 4) is 5.75 Å². The minimum absolute atomic E-state index is 0.0160. The molecule has 0 aliphatic rings. The van der Waals surface area contributed by atoms with Crippen LogP contribution in [0.25, 0.3) is 0 Å². The van der Waals surface area contributed by atoms with Crippen molar-refractivity contribution in [1.82, 2.24) is 14.8 Å². The molecule has 0 fully saturated rings. The average Bonchev–Trinajstić information content (AvgIpc) is 3.24. The van der Waals surface area contributed by atoms with Crippen LogP contribution in [0.4, 0.5) is 0 Å². The molecular formula is C20H21Cl2N3O5S. The maximum Gasteiger partial charge on any atom is 0.297 e. The second kappa shape index (κ2) is 10.9. The molecule has 0 saturated carbocycles. The molecule has 2 aromatic carbocycles. The second-order valence-corrected chi connectivity index (χ2v) is 9.05. The fourth-order valence-electron chi connectivity index (χ4n) is 2.52. The number of hydrogen-bond donors (Lipinski definition) is 0. The number of aryl methyl sites for hydroxylation is 1. The Balaban J connectivity index is 1.62. The topological polar surface area (TPSA) is 92.5 Å². The van der Waals surface area contributed by atoms with Crippen molar-refractivity contribution in [2.24, 2.45) is 0 Å². The van der Waals surface area contributed by atoms with Gasteiger partial charge >= 0.3 is 0 Å². The highest BCUT2D eigenvalue weighted by Crippen LogP contribution is 2.27. The Hall–Kier alpha value is -2.17. The maximum atomic E-state index is 12.5. The molecule has 0 saturated heterocycles. The van der Waals surface area contributed by atoms with E-state index >= 15 is 0 Å². The molecule has 1 aromatic heterocycles. The third kappa shape index (κ3) is 7.19. The summed E-state index contributed by atoms with van der Waals surface area (Å²) in [6.07, 6.45) is 2.29. The van der Waals surface area contributed by atoms with Gasteiger partial charge in [-0.3, -0.25) is 8.86 Å². The molecule has 1 unspecified atom stereocenters. The predicted octanol–water partition coefficient (Wildman–Crippen LogP) is 3.76. The van der Waals surface area contributed by atoms with Crippen LogP contribution in [0.5, 0.6) is 5.75 Å². The van der Waals surface area contributed by atoms with Crippen molar-refractivity contribution in [2.75, 3.05) is 19.8 Å². The summed E-state index contributed by atoms with van der Waals surface area (Å²) in [5.74, 6) is 0.400. The minimum Gasteiger partial charge on any atom is -0.489 e. The minimum atomic E-state index is -3.94. The molecule has 31 heavy (non-hydrogen) atoms. The highest BCUT2D eigenvalue weighted by Gasteiger charge is 2.20. The molecule has 0 radical (unpaired) electrons. The van der Waals surface area contributed by atoms with Crippen LogP contribution in [0.3, 0.4) is 0 Å². The molecule has 166 valence electrons. The summed E-state index contributed by atoms with van der Waals surface area (Å²) in [7, 11) is -3.94. The van der Waals surface area contributed by atoms with E-state index in [1.54, 1.807) is 41.3 Å². The number of benzene rings is 2. The van der Waals surface area contributed by atoms with Crippen LogP contribution in [0.2, 0.25) is 10.0 Å². The number of hydrogen-bond acceptors (Lipinski definition) is 7. The van der Waals surface area contributed by atoms with Gasteiger partial charge in [-0.1, -0.05) is 40.9 Å². The Labute approximate surface area is 190 Å². The third-order valence-electron chi connectivity index (χ3n) is 4.18. The van der Waals surface area contributed by atoms with Crippen molar-refractivity contribution in [1.29, 1.82) is 0 Å². The van der Waals surface area contributed by atoms with E-state index in [0.29, 0.717) is 22.3 Å². The standard InChI is InChI=1S/C20H21Cl2N3O5S/c1-15-2-5-18(6-3-15)31(26,27)30-12-17(28-9-8-25-14-23-13-24-25)11-29-20-7-4-16(21)10-19(20)22/h2-7,10,13-14,17H,8-9,11-12H2,1H3. The fraction of sp³-hybridized carbons (Fsp3) is 0.300. The number of nitrogens with zero attached hydrogens (tertiary/aromatic N) is 3. The van der Waals surface area contributed by atoms with Gasteiger partial charge in [0.15, 0.2) is 0 Å². The van der Waals surface area contributed by atoms with E-state index in [2.05, 4.69) is 10.1 Å². The van der Waals surface area contributed by atoms with Crippen molar-refractivity contribution in [3.05, 3.63) is 70.7 Å². The van der Waals surface area contributed by atoms with Crippen LogP contribution >= 0.6 is 23.2 Å². The van der Waals surface area contributed by atoms with Crippen molar-refractivity contribution in [2.45, 2.75) is 24.5 Å². The van der Waals surface area contributed by atoms with E-state index in [4.69, 9.17) is 36.9 Å². The van der Waals surface area contributed by atoms with Gasteiger partial charge in [0.2, 0.25) is 0 Å². The molecule has 0 aliphatic carbocycles. The lowest BCUT2D eigenvalue weighted by Gasteiger charge is -2.19. The van der Waals surface area contributed by atoms with Gasteiger partial charge in [0.05, 0.1) is 29.7 Å². The first-order valence-electron chi connectivity index (χ1n) is 9.31. The Morgan fingerprint density at radius 1 is 1.10 bits per heavy atom. The predicted molar refractivity (Wildman–Crippen MR) is 116 cm³/mol. The first kappa shape index (κ1) is 23.5. The second-order valence-electron chi connectivity index (χ2n) is 6.59. The molecule has 0 spiro atoms. The molecule has 3 rings (SSSR count). The SMILES string of the molecule is Cc1ccc(S(=O)(=O)OCC(COc2ccc(Cl)cc2Cl)OCCn2cncn2)cc1. The van der Waals surface area contributed by atoms with E-state index < -0.39 is 16.2 Å². The molecule has 8 nitrogen and oxygen atoms in total. The van der Waals surface area contributed by atoms with Crippen LogP contribution in [-0.4, -0.2) is 49.1 Å². The summed E-state index contributed by atoms with van der Waals surface area (Å²) in [4.78, 5) is 3.93. The summed E-state index contributed by atoms with van der Waals surface area (Å²) in [6.45, 7) is 2.33. The largest absolute Gasteiger partial charge is 0.489 e. The van der Waals surface area contributed by atoms with Crippen LogP contribution in [0, 0.1) is 6.92 Å². The third-order valence-corrected chi connectivity index (χ3v) is 6.00. The van der Waals surface area contributed by atoms with Gasteiger partial charge in [0.25, 0.3) is 10.1 Å². The van der Waals surface area contributed by atoms with Crippen LogP contribution in [0.1, 0.15) is 5.56 Å². The van der Waals surface area contributed by atoms with E-state index in [-0.39, 0.29) is 24.7 Å². The molecule has 0 amide bonds. The lowest BCUT2D eigenvalue weighted by atomic mass is 10.2. The monoisotopic (exact) mass is 485 g/mol. The zero-order valence-electron chi connectivity index (χ0n) is 16.6. The Morgan fingerprint density at radius 2 is 1.87 bits per heavy atom. The van der Waals surface area contributed by atoms with Gasteiger partial charge in [-0.2, -0.15) is 13.5 Å². The molecule has 0 N–H and O–H groups in total. The van der Waals surface area contributed by atoms with E-state index in [1.165, 1.54) is 18.5 Å². The number of ether oxygens (including phenoxy) is 2. The van der Waals surface area contributed by atoms with Gasteiger partial charge in [0.1, 0.15) is 31.1 Å². The first-order valence-corrected chi connectivity index (χ1v) is 11.5. The zero-order chi connectivity index (χ0) is 22.3. The van der Waals surface area contributed by atoms with Gasteiger partial charge in [-0.05, 0) is 37.3 Å². The molecule has 11 heteroatoms. The first-order chi connectivity index (χ1) is 14.8. The zero-order valence-corrected chi connectivity index (χ0v) is 19.0. The van der Waals surface area contributed by atoms with Crippen molar-refractivity contribution >= 4 is 33.3 Å². The van der Waals surface area contributed by atoms with Gasteiger partial charge in [-0.15, -0.1) is 0 Å². The quantitative estimate of drug-likeness (QED) is 0.381. The summed E-state index contributed by atoms with van der Waals surface area (Å²) in [5, 5.41) is 4.81. The smallest absolute Gasteiger partial charge is 0.297 e. The van der Waals surface area contributed by atoms with E-state index in [0.717, 1.165) is 5.56 Å². The highest BCUT2D eigenvalue weighted by molar-refractivity contribution is 7.86. The molecule has 0 aliphatic heterocycles. The molecule has 0 bridgehead atoms. The maximum absolute atomic E-state index is 12.5.